The highest BCUT2D eigenvalue weighted by atomic mass is 35.5. The lowest BCUT2D eigenvalue weighted by atomic mass is 10.3. The average molecular weight is 243 g/mol. The summed E-state index contributed by atoms with van der Waals surface area (Å²) in [7, 11) is 0. The summed E-state index contributed by atoms with van der Waals surface area (Å²) < 4.78 is 0. The van der Waals surface area contributed by atoms with E-state index in [1.165, 1.54) is 6.33 Å². The zero-order valence-electron chi connectivity index (χ0n) is 8.44. The molecule has 0 atom stereocenters. The van der Waals surface area contributed by atoms with Gasteiger partial charge >= 0.3 is 0 Å². The van der Waals surface area contributed by atoms with E-state index in [0.717, 1.165) is 0 Å². The fourth-order valence-electron chi connectivity index (χ4n) is 1.09. The molecule has 0 bridgehead atoms. The fourth-order valence-corrected chi connectivity index (χ4v) is 1.27. The molecule has 0 radical (unpaired) electrons. The zero-order valence-corrected chi connectivity index (χ0v) is 9.20. The second-order valence-corrected chi connectivity index (χ2v) is 3.40. The third-order valence-electron chi connectivity index (χ3n) is 1.85. The van der Waals surface area contributed by atoms with Crippen LogP contribution in [0, 0.1) is 0 Å². The lowest BCUT2D eigenvalue weighted by Gasteiger charge is -2.06. The molecule has 0 fully saturated rings. The Kier molecular flexibility index (Phi) is 4.65. The van der Waals surface area contributed by atoms with Crippen LogP contribution in [0.15, 0.2) is 6.33 Å². The molecule has 7 heteroatoms. The van der Waals surface area contributed by atoms with Crippen LogP contribution in [0.25, 0.3) is 0 Å². The van der Waals surface area contributed by atoms with Crippen molar-refractivity contribution in [3.63, 3.8) is 0 Å². The number of primary amides is 1. The van der Waals surface area contributed by atoms with Crippen LogP contribution >= 0.6 is 11.6 Å². The summed E-state index contributed by atoms with van der Waals surface area (Å²) >= 11 is 5.70. The predicted octanol–water partition coefficient (Wildman–Crippen LogP) is 0.620. The normalized spacial score (nSPS) is 9.81. The quantitative estimate of drug-likeness (QED) is 0.433. The van der Waals surface area contributed by atoms with Crippen LogP contribution < -0.4 is 11.1 Å². The third kappa shape index (κ3) is 3.47. The van der Waals surface area contributed by atoms with Gasteiger partial charge in [-0.3, -0.25) is 9.59 Å². The summed E-state index contributed by atoms with van der Waals surface area (Å²) in [5.41, 5.74) is 5.19. The molecule has 0 aliphatic carbocycles. The number of halogens is 1. The van der Waals surface area contributed by atoms with Crippen LogP contribution in [0.1, 0.15) is 23.2 Å². The molecule has 0 aromatic carbocycles. The van der Waals surface area contributed by atoms with Crippen LogP contribution in [-0.2, 0) is 4.79 Å². The van der Waals surface area contributed by atoms with Crippen LogP contribution in [0.5, 0.6) is 0 Å². The van der Waals surface area contributed by atoms with Gasteiger partial charge in [0.2, 0.25) is 5.91 Å². The molecule has 3 N–H and O–H groups in total. The Bertz CT molecular complexity index is 397. The summed E-state index contributed by atoms with van der Waals surface area (Å²) in [5.74, 6) is -0.00222. The van der Waals surface area contributed by atoms with Gasteiger partial charge in [-0.05, 0) is 6.42 Å². The summed E-state index contributed by atoms with van der Waals surface area (Å²) in [6.07, 6.45) is 2.68. The van der Waals surface area contributed by atoms with Crippen molar-refractivity contribution in [1.82, 2.24) is 9.97 Å². The number of nitrogens with two attached hydrogens (primary N) is 1. The molecule has 6 nitrogen and oxygen atoms in total. The zero-order chi connectivity index (χ0) is 12.0. The van der Waals surface area contributed by atoms with Crippen LogP contribution in [0.4, 0.5) is 5.82 Å². The van der Waals surface area contributed by atoms with Gasteiger partial charge in [-0.1, -0.05) is 11.6 Å². The van der Waals surface area contributed by atoms with E-state index < -0.39 is 0 Å². The number of anilines is 1. The van der Waals surface area contributed by atoms with Gasteiger partial charge in [-0.2, -0.15) is 0 Å². The fraction of sp³-hybridized carbons (Fsp3) is 0.333. The Hall–Kier alpha value is -1.69. The second kappa shape index (κ2) is 6.02. The summed E-state index contributed by atoms with van der Waals surface area (Å²) in [6.45, 7) is 0.483. The summed E-state index contributed by atoms with van der Waals surface area (Å²) in [5, 5.41) is 2.99. The first-order valence-corrected chi connectivity index (χ1v) is 5.00. The molecule has 0 saturated heterocycles. The maximum atomic E-state index is 10.7. The topological polar surface area (TPSA) is 98.0 Å². The molecule has 16 heavy (non-hydrogen) atoms. The highest BCUT2D eigenvalue weighted by Crippen LogP contribution is 2.16. The van der Waals surface area contributed by atoms with E-state index in [9.17, 15) is 9.59 Å². The maximum absolute atomic E-state index is 10.7. The number of aromatic nitrogens is 2. The first-order chi connectivity index (χ1) is 7.65. The van der Waals surface area contributed by atoms with Crippen LogP contribution in [-0.4, -0.2) is 28.7 Å². The maximum Gasteiger partial charge on any atom is 0.217 e. The molecular weight excluding hydrogens is 232 g/mol. The number of aldehydes is 1. The van der Waals surface area contributed by atoms with Gasteiger partial charge in [-0.15, -0.1) is 0 Å². The van der Waals surface area contributed by atoms with Crippen molar-refractivity contribution in [2.24, 2.45) is 5.73 Å². The third-order valence-corrected chi connectivity index (χ3v) is 2.15. The van der Waals surface area contributed by atoms with E-state index in [0.29, 0.717) is 25.1 Å². The number of hydrogen-bond acceptors (Lipinski definition) is 5. The van der Waals surface area contributed by atoms with E-state index in [4.69, 9.17) is 17.3 Å². The molecule has 1 aromatic heterocycles. The molecule has 0 saturated carbocycles. The van der Waals surface area contributed by atoms with Gasteiger partial charge in [0, 0.05) is 13.0 Å². The molecule has 0 unspecified atom stereocenters. The van der Waals surface area contributed by atoms with Crippen molar-refractivity contribution in [3.05, 3.63) is 17.0 Å². The number of carbonyl (C=O) groups excluding carboxylic acids is 2. The summed E-state index contributed by atoms with van der Waals surface area (Å²) in [4.78, 5) is 28.7. The van der Waals surface area contributed by atoms with E-state index in [2.05, 4.69) is 15.3 Å². The molecule has 86 valence electrons. The van der Waals surface area contributed by atoms with Gasteiger partial charge in [0.1, 0.15) is 17.3 Å². The lowest BCUT2D eigenvalue weighted by Crippen LogP contribution is -2.13. The Morgan fingerprint density at radius 2 is 2.31 bits per heavy atom. The van der Waals surface area contributed by atoms with Gasteiger partial charge in [0.15, 0.2) is 6.29 Å². The molecular formula is C9H11ClN4O2. The number of amides is 1. The molecule has 1 rings (SSSR count). The second-order valence-electron chi connectivity index (χ2n) is 3.04. The predicted molar refractivity (Wildman–Crippen MR) is 59.3 cm³/mol. The number of nitrogens with one attached hydrogen (secondary N) is 1. The van der Waals surface area contributed by atoms with Gasteiger partial charge < -0.3 is 11.1 Å². The van der Waals surface area contributed by atoms with E-state index in [-0.39, 0.29) is 23.0 Å². The number of rotatable bonds is 6. The monoisotopic (exact) mass is 242 g/mol. The standard InChI is InChI=1S/C9H11ClN4O2/c10-8-6(4-15)9(14-5-13-8)12-3-1-2-7(11)16/h4-5H,1-3H2,(H2,11,16)(H,12,13,14). The molecule has 0 aliphatic rings. The smallest absolute Gasteiger partial charge is 0.217 e. The Balaban J connectivity index is 2.56. The minimum Gasteiger partial charge on any atom is -0.370 e. The van der Waals surface area contributed by atoms with Crippen molar-refractivity contribution < 1.29 is 9.59 Å². The largest absolute Gasteiger partial charge is 0.370 e. The lowest BCUT2D eigenvalue weighted by molar-refractivity contribution is -0.118. The van der Waals surface area contributed by atoms with E-state index in [1.54, 1.807) is 0 Å². The molecule has 0 aliphatic heterocycles. The van der Waals surface area contributed by atoms with Gasteiger partial charge in [0.25, 0.3) is 0 Å². The number of hydrogen-bond donors (Lipinski definition) is 2. The highest BCUT2D eigenvalue weighted by Gasteiger charge is 2.07. The molecule has 1 heterocycles. The van der Waals surface area contributed by atoms with Crippen molar-refractivity contribution in [2.75, 3.05) is 11.9 Å². The van der Waals surface area contributed by atoms with Crippen molar-refractivity contribution >= 4 is 29.6 Å². The molecule has 1 aromatic rings. The first kappa shape index (κ1) is 12.4. The van der Waals surface area contributed by atoms with Crippen LogP contribution in [0.3, 0.4) is 0 Å². The molecule has 1 amide bonds. The Morgan fingerprint density at radius 1 is 1.56 bits per heavy atom. The Morgan fingerprint density at radius 3 is 2.94 bits per heavy atom. The number of carbonyl (C=O) groups is 2. The molecule has 0 spiro atoms. The first-order valence-electron chi connectivity index (χ1n) is 4.63. The Labute approximate surface area is 97.2 Å². The van der Waals surface area contributed by atoms with E-state index in [1.807, 2.05) is 0 Å². The highest BCUT2D eigenvalue weighted by molar-refractivity contribution is 6.32. The average Bonchev–Trinajstić information content (AvgIpc) is 2.24. The summed E-state index contributed by atoms with van der Waals surface area (Å²) in [6, 6.07) is 0. The van der Waals surface area contributed by atoms with Crippen LogP contribution in [0.2, 0.25) is 5.15 Å². The van der Waals surface area contributed by atoms with Crippen molar-refractivity contribution in [1.29, 1.82) is 0 Å². The minimum absolute atomic E-state index is 0.0994. The SMILES string of the molecule is NC(=O)CCCNc1ncnc(Cl)c1C=O. The number of nitrogens with zero attached hydrogens (tertiary/aromatic N) is 2. The van der Waals surface area contributed by atoms with Gasteiger partial charge in [0.05, 0.1) is 5.56 Å². The van der Waals surface area contributed by atoms with Crippen molar-refractivity contribution in [2.45, 2.75) is 12.8 Å². The minimum atomic E-state index is -0.363. The van der Waals surface area contributed by atoms with E-state index >= 15 is 0 Å². The van der Waals surface area contributed by atoms with Gasteiger partial charge in [-0.25, -0.2) is 9.97 Å². The van der Waals surface area contributed by atoms with Crippen molar-refractivity contribution in [3.8, 4) is 0 Å².